The highest BCUT2D eigenvalue weighted by atomic mass is 32.2. The van der Waals surface area contributed by atoms with Gasteiger partial charge in [-0.05, 0) is 37.8 Å². The number of hydrogen-bond donors (Lipinski definition) is 1. The lowest BCUT2D eigenvalue weighted by molar-refractivity contribution is -0.126. The van der Waals surface area contributed by atoms with E-state index in [2.05, 4.69) is 5.32 Å². The summed E-state index contributed by atoms with van der Waals surface area (Å²) in [4.78, 5) is 12.5. The summed E-state index contributed by atoms with van der Waals surface area (Å²) < 4.78 is 26.9. The number of carbonyl (C=O) groups is 1. The Hall–Kier alpha value is -1.40. The monoisotopic (exact) mass is 338 g/mol. The van der Waals surface area contributed by atoms with Gasteiger partial charge in [0.1, 0.15) is 0 Å². The van der Waals surface area contributed by atoms with E-state index in [1.54, 1.807) is 24.3 Å². The molecule has 5 nitrogen and oxygen atoms in total. The molecule has 0 aliphatic carbocycles. The van der Waals surface area contributed by atoms with Gasteiger partial charge in [-0.3, -0.25) is 4.79 Å². The summed E-state index contributed by atoms with van der Waals surface area (Å²) in [6, 6.07) is 6.85. The number of carbonyl (C=O) groups excluding carboxylic acids is 1. The van der Waals surface area contributed by atoms with Crippen LogP contribution >= 0.6 is 0 Å². The Kier molecular flexibility index (Phi) is 5.81. The third-order valence-corrected chi connectivity index (χ3v) is 5.98. The van der Waals surface area contributed by atoms with Crippen LogP contribution in [0.5, 0.6) is 0 Å². The number of nitrogens with zero attached hydrogens (tertiary/aromatic N) is 1. The van der Waals surface area contributed by atoms with E-state index in [1.165, 1.54) is 4.31 Å². The Labute approximate surface area is 139 Å². The van der Waals surface area contributed by atoms with E-state index < -0.39 is 10.0 Å². The van der Waals surface area contributed by atoms with E-state index in [0.29, 0.717) is 30.3 Å². The molecule has 0 unspecified atom stereocenters. The molecule has 1 aliphatic heterocycles. The van der Waals surface area contributed by atoms with Crippen molar-refractivity contribution in [3.63, 3.8) is 0 Å². The first kappa shape index (κ1) is 17.9. The van der Waals surface area contributed by atoms with Crippen LogP contribution in [0.25, 0.3) is 0 Å². The number of sulfonamides is 1. The van der Waals surface area contributed by atoms with Gasteiger partial charge in [-0.2, -0.15) is 4.31 Å². The molecule has 1 aromatic carbocycles. The Morgan fingerprint density at radius 2 is 1.96 bits per heavy atom. The molecule has 1 aromatic rings. The second kappa shape index (κ2) is 7.45. The Bertz CT molecular complexity index is 638. The van der Waals surface area contributed by atoms with Crippen molar-refractivity contribution in [1.82, 2.24) is 9.62 Å². The summed E-state index contributed by atoms with van der Waals surface area (Å²) in [6.45, 7) is 7.36. The van der Waals surface area contributed by atoms with Gasteiger partial charge >= 0.3 is 0 Å². The highest BCUT2D eigenvalue weighted by molar-refractivity contribution is 7.89. The second-order valence-corrected chi connectivity index (χ2v) is 8.59. The van der Waals surface area contributed by atoms with Crippen molar-refractivity contribution in [2.75, 3.05) is 19.6 Å². The van der Waals surface area contributed by atoms with Gasteiger partial charge < -0.3 is 5.32 Å². The maximum absolute atomic E-state index is 12.7. The minimum atomic E-state index is -3.52. The average molecular weight is 338 g/mol. The van der Waals surface area contributed by atoms with Crippen LogP contribution in [0.15, 0.2) is 29.2 Å². The maximum atomic E-state index is 12.7. The Balaban J connectivity index is 2.08. The molecule has 0 spiro atoms. The van der Waals surface area contributed by atoms with E-state index in [0.717, 1.165) is 12.0 Å². The van der Waals surface area contributed by atoms with E-state index in [-0.39, 0.29) is 18.4 Å². The molecule has 0 saturated carbocycles. The molecule has 128 valence electrons. The van der Waals surface area contributed by atoms with E-state index in [1.807, 2.05) is 20.8 Å². The summed E-state index contributed by atoms with van der Waals surface area (Å²) in [6.07, 6.45) is 1.45. The van der Waals surface area contributed by atoms with Gasteiger partial charge in [0.15, 0.2) is 0 Å². The van der Waals surface area contributed by atoms with Crippen LogP contribution in [-0.2, 0) is 14.8 Å². The van der Waals surface area contributed by atoms with Gasteiger partial charge in [-0.25, -0.2) is 8.42 Å². The SMILES string of the molecule is Cc1ccc(S(=O)(=O)N2CCC[C@@H](C(=O)NCC(C)C)C2)cc1. The van der Waals surface area contributed by atoms with Crippen molar-refractivity contribution in [3.05, 3.63) is 29.8 Å². The molecule has 0 aromatic heterocycles. The van der Waals surface area contributed by atoms with Crippen molar-refractivity contribution in [3.8, 4) is 0 Å². The lowest BCUT2D eigenvalue weighted by atomic mass is 9.98. The van der Waals surface area contributed by atoms with E-state index in [9.17, 15) is 13.2 Å². The highest BCUT2D eigenvalue weighted by Crippen LogP contribution is 2.24. The van der Waals surface area contributed by atoms with Gasteiger partial charge in [0.05, 0.1) is 10.8 Å². The van der Waals surface area contributed by atoms with Crippen LogP contribution in [0.4, 0.5) is 0 Å². The lowest BCUT2D eigenvalue weighted by Gasteiger charge is -2.31. The fourth-order valence-electron chi connectivity index (χ4n) is 2.68. The third kappa shape index (κ3) is 4.54. The van der Waals surface area contributed by atoms with Gasteiger partial charge in [-0.1, -0.05) is 31.5 Å². The predicted octanol–water partition coefficient (Wildman–Crippen LogP) is 2.17. The molecular formula is C17H26N2O3S. The van der Waals surface area contributed by atoms with Gasteiger partial charge in [0.25, 0.3) is 0 Å². The molecular weight excluding hydrogens is 312 g/mol. The second-order valence-electron chi connectivity index (χ2n) is 6.65. The van der Waals surface area contributed by atoms with Crippen molar-refractivity contribution in [2.45, 2.75) is 38.5 Å². The molecule has 0 bridgehead atoms. The molecule has 1 saturated heterocycles. The van der Waals surface area contributed by atoms with E-state index >= 15 is 0 Å². The van der Waals surface area contributed by atoms with Crippen LogP contribution in [0.1, 0.15) is 32.3 Å². The Morgan fingerprint density at radius 1 is 1.30 bits per heavy atom. The molecule has 1 aliphatic rings. The number of rotatable bonds is 5. The summed E-state index contributed by atoms with van der Waals surface area (Å²) >= 11 is 0. The minimum absolute atomic E-state index is 0.0393. The smallest absolute Gasteiger partial charge is 0.243 e. The number of hydrogen-bond acceptors (Lipinski definition) is 3. The van der Waals surface area contributed by atoms with Gasteiger partial charge in [0, 0.05) is 19.6 Å². The summed E-state index contributed by atoms with van der Waals surface area (Å²) in [7, 11) is -3.52. The molecule has 1 atom stereocenters. The molecule has 1 fully saturated rings. The molecule has 0 radical (unpaired) electrons. The molecule has 1 heterocycles. The molecule has 2 rings (SSSR count). The number of amides is 1. The fourth-order valence-corrected chi connectivity index (χ4v) is 4.21. The normalized spacial score (nSPS) is 19.7. The van der Waals surface area contributed by atoms with Crippen LogP contribution in [0.2, 0.25) is 0 Å². The van der Waals surface area contributed by atoms with Crippen molar-refractivity contribution < 1.29 is 13.2 Å². The highest BCUT2D eigenvalue weighted by Gasteiger charge is 2.33. The largest absolute Gasteiger partial charge is 0.356 e. The standard InChI is InChI=1S/C17H26N2O3S/c1-13(2)11-18-17(20)15-5-4-10-19(12-15)23(21,22)16-8-6-14(3)7-9-16/h6-9,13,15H,4-5,10-12H2,1-3H3,(H,18,20)/t15-/m1/s1. The molecule has 1 amide bonds. The average Bonchev–Trinajstić information content (AvgIpc) is 2.53. The number of nitrogens with one attached hydrogen (secondary N) is 1. The van der Waals surface area contributed by atoms with Crippen LogP contribution < -0.4 is 5.32 Å². The molecule has 23 heavy (non-hydrogen) atoms. The summed E-state index contributed by atoms with van der Waals surface area (Å²) in [5.74, 6) is 0.0835. The zero-order valence-electron chi connectivity index (χ0n) is 14.1. The topological polar surface area (TPSA) is 66.5 Å². The first-order valence-electron chi connectivity index (χ1n) is 8.15. The zero-order valence-corrected chi connectivity index (χ0v) is 14.9. The Morgan fingerprint density at radius 3 is 2.57 bits per heavy atom. The third-order valence-electron chi connectivity index (χ3n) is 4.10. The fraction of sp³-hybridized carbons (Fsp3) is 0.588. The molecule has 1 N–H and O–H groups in total. The van der Waals surface area contributed by atoms with E-state index in [4.69, 9.17) is 0 Å². The van der Waals surface area contributed by atoms with Gasteiger partial charge in [0.2, 0.25) is 15.9 Å². The van der Waals surface area contributed by atoms with Crippen molar-refractivity contribution >= 4 is 15.9 Å². The zero-order chi connectivity index (χ0) is 17.0. The number of piperidine rings is 1. The maximum Gasteiger partial charge on any atom is 0.243 e. The lowest BCUT2D eigenvalue weighted by Crippen LogP contribution is -2.45. The summed E-state index contributed by atoms with van der Waals surface area (Å²) in [5, 5.41) is 2.91. The molecule has 6 heteroatoms. The van der Waals surface area contributed by atoms with Crippen LogP contribution in [-0.4, -0.2) is 38.3 Å². The van der Waals surface area contributed by atoms with Crippen LogP contribution in [0.3, 0.4) is 0 Å². The predicted molar refractivity (Wildman–Crippen MR) is 90.5 cm³/mol. The summed E-state index contributed by atoms with van der Waals surface area (Å²) in [5.41, 5.74) is 1.02. The van der Waals surface area contributed by atoms with Crippen molar-refractivity contribution in [2.24, 2.45) is 11.8 Å². The number of aryl methyl sites for hydroxylation is 1. The quantitative estimate of drug-likeness (QED) is 0.895. The number of benzene rings is 1. The first-order chi connectivity index (χ1) is 10.8. The minimum Gasteiger partial charge on any atom is -0.356 e. The van der Waals surface area contributed by atoms with Crippen molar-refractivity contribution in [1.29, 1.82) is 0 Å². The van der Waals surface area contributed by atoms with Crippen LogP contribution in [0, 0.1) is 18.8 Å². The first-order valence-corrected chi connectivity index (χ1v) is 9.59. The van der Waals surface area contributed by atoms with Gasteiger partial charge in [-0.15, -0.1) is 0 Å².